The number of unbranched alkanes of at least 4 members (excludes halogenated alkanes) is 3. The quantitative estimate of drug-likeness (QED) is 0.602. The summed E-state index contributed by atoms with van der Waals surface area (Å²) in [6, 6.07) is 0.710. The van der Waals surface area contributed by atoms with Crippen LogP contribution in [0.2, 0.25) is 0 Å². The maximum atomic E-state index is 11.8. The van der Waals surface area contributed by atoms with Crippen molar-refractivity contribution in [3.8, 4) is 0 Å². The fourth-order valence-electron chi connectivity index (χ4n) is 2.88. The van der Waals surface area contributed by atoms with Gasteiger partial charge in [-0.05, 0) is 65.8 Å². The summed E-state index contributed by atoms with van der Waals surface area (Å²) in [6.07, 6.45) is 8.37. The Kier molecular flexibility index (Phi) is 8.79. The number of alkyl carbamates (subject to hydrolysis) is 1. The molecule has 0 saturated heterocycles. The minimum absolute atomic E-state index is 0.218. The number of carbonyl (C=O) groups excluding carboxylic acids is 1. The van der Waals surface area contributed by atoms with Crippen molar-refractivity contribution in [3.05, 3.63) is 0 Å². The van der Waals surface area contributed by atoms with E-state index in [2.05, 4.69) is 10.6 Å². The van der Waals surface area contributed by atoms with Crippen molar-refractivity contribution in [2.45, 2.75) is 89.8 Å². The Morgan fingerprint density at radius 2 is 1.82 bits per heavy atom. The number of hydrogen-bond acceptors (Lipinski definition) is 4. The van der Waals surface area contributed by atoms with E-state index in [-0.39, 0.29) is 12.1 Å². The molecule has 5 heteroatoms. The average molecular weight is 314 g/mol. The van der Waals surface area contributed by atoms with Crippen LogP contribution in [0.1, 0.15) is 72.1 Å². The topological polar surface area (TPSA) is 70.6 Å². The van der Waals surface area contributed by atoms with Crippen molar-refractivity contribution in [2.75, 3.05) is 13.2 Å². The lowest BCUT2D eigenvalue weighted by molar-refractivity contribution is 0.0488. The molecular weight excluding hydrogens is 280 g/mol. The molecule has 0 aromatic rings. The third-order valence-corrected chi connectivity index (χ3v) is 3.91. The lowest BCUT2D eigenvalue weighted by Crippen LogP contribution is -2.45. The van der Waals surface area contributed by atoms with Crippen LogP contribution in [0.4, 0.5) is 4.79 Å². The Morgan fingerprint density at radius 3 is 2.50 bits per heavy atom. The van der Waals surface area contributed by atoms with Gasteiger partial charge < -0.3 is 20.5 Å². The van der Waals surface area contributed by atoms with Crippen LogP contribution in [0.15, 0.2) is 0 Å². The van der Waals surface area contributed by atoms with Crippen LogP contribution >= 0.6 is 0 Å². The summed E-state index contributed by atoms with van der Waals surface area (Å²) in [6.45, 7) is 6.97. The summed E-state index contributed by atoms with van der Waals surface area (Å²) in [7, 11) is 0. The highest BCUT2D eigenvalue weighted by atomic mass is 16.6. The van der Waals surface area contributed by atoms with Gasteiger partial charge in [-0.1, -0.05) is 12.8 Å². The maximum absolute atomic E-state index is 11.8. The first-order valence-corrected chi connectivity index (χ1v) is 8.74. The zero-order valence-corrected chi connectivity index (χ0v) is 14.5. The van der Waals surface area contributed by atoms with E-state index in [1.165, 1.54) is 12.8 Å². The largest absolute Gasteiger partial charge is 0.444 e. The molecule has 0 bridgehead atoms. The van der Waals surface area contributed by atoms with Gasteiger partial charge in [0.05, 0.1) is 0 Å². The van der Waals surface area contributed by atoms with Gasteiger partial charge in [0.2, 0.25) is 0 Å². The van der Waals surface area contributed by atoms with Crippen LogP contribution in [-0.2, 0) is 4.74 Å². The Labute approximate surface area is 135 Å². The summed E-state index contributed by atoms with van der Waals surface area (Å²) < 4.78 is 5.32. The summed E-state index contributed by atoms with van der Waals surface area (Å²) >= 11 is 0. The van der Waals surface area contributed by atoms with E-state index in [0.29, 0.717) is 12.6 Å². The van der Waals surface area contributed by atoms with E-state index < -0.39 is 5.60 Å². The highest BCUT2D eigenvalue weighted by molar-refractivity contribution is 5.68. The van der Waals surface area contributed by atoms with E-state index in [4.69, 9.17) is 9.84 Å². The van der Waals surface area contributed by atoms with E-state index in [1.54, 1.807) is 0 Å². The van der Waals surface area contributed by atoms with E-state index in [1.807, 2.05) is 20.8 Å². The molecule has 3 N–H and O–H groups in total. The first kappa shape index (κ1) is 19.2. The number of carbonyl (C=O) groups is 1. The molecule has 2 unspecified atom stereocenters. The zero-order chi connectivity index (χ0) is 16.4. The third kappa shape index (κ3) is 9.26. The predicted octanol–water partition coefficient (Wildman–Crippen LogP) is 2.96. The number of rotatable bonds is 8. The molecule has 5 nitrogen and oxygen atoms in total. The second kappa shape index (κ2) is 10.1. The number of amides is 1. The minimum atomic E-state index is -0.440. The summed E-state index contributed by atoms with van der Waals surface area (Å²) in [5.74, 6) is 0. The summed E-state index contributed by atoms with van der Waals surface area (Å²) in [5.41, 5.74) is -0.440. The second-order valence-corrected chi connectivity index (χ2v) is 7.30. The maximum Gasteiger partial charge on any atom is 0.407 e. The number of aliphatic hydroxyl groups excluding tert-OH is 1. The van der Waals surface area contributed by atoms with Gasteiger partial charge in [-0.25, -0.2) is 4.79 Å². The first-order valence-electron chi connectivity index (χ1n) is 8.74. The molecule has 0 aromatic heterocycles. The smallest absolute Gasteiger partial charge is 0.407 e. The van der Waals surface area contributed by atoms with Crippen molar-refractivity contribution in [2.24, 2.45) is 0 Å². The van der Waals surface area contributed by atoms with Gasteiger partial charge in [-0.15, -0.1) is 0 Å². The Bertz CT molecular complexity index is 316. The van der Waals surface area contributed by atoms with Crippen molar-refractivity contribution in [1.82, 2.24) is 10.6 Å². The molecular formula is C17H34N2O3. The van der Waals surface area contributed by atoms with Crippen molar-refractivity contribution in [3.63, 3.8) is 0 Å². The molecule has 1 fully saturated rings. The van der Waals surface area contributed by atoms with Crippen LogP contribution in [0, 0.1) is 0 Å². The van der Waals surface area contributed by atoms with E-state index in [9.17, 15) is 4.79 Å². The van der Waals surface area contributed by atoms with E-state index in [0.717, 1.165) is 45.1 Å². The Balaban J connectivity index is 2.17. The Morgan fingerprint density at radius 1 is 1.14 bits per heavy atom. The highest BCUT2D eigenvalue weighted by Gasteiger charge is 2.25. The van der Waals surface area contributed by atoms with Gasteiger partial charge in [0.1, 0.15) is 5.60 Å². The monoisotopic (exact) mass is 314 g/mol. The number of ether oxygens (including phenoxy) is 1. The highest BCUT2D eigenvalue weighted by Crippen LogP contribution is 2.19. The van der Waals surface area contributed by atoms with Gasteiger partial charge >= 0.3 is 6.09 Å². The lowest BCUT2D eigenvalue weighted by atomic mass is 9.91. The number of nitrogens with one attached hydrogen (secondary N) is 2. The van der Waals surface area contributed by atoms with Crippen LogP contribution in [-0.4, -0.2) is 42.0 Å². The van der Waals surface area contributed by atoms with Gasteiger partial charge in [-0.2, -0.15) is 0 Å². The third-order valence-electron chi connectivity index (χ3n) is 3.91. The molecule has 1 rings (SSSR count). The SMILES string of the molecule is CC(C)(C)OC(=O)NC1CCCC(NCCCCCCO)C1. The zero-order valence-electron chi connectivity index (χ0n) is 14.5. The molecule has 0 aliphatic heterocycles. The molecule has 1 aliphatic rings. The molecule has 0 heterocycles. The molecule has 22 heavy (non-hydrogen) atoms. The van der Waals surface area contributed by atoms with Gasteiger partial charge in [0, 0.05) is 18.7 Å². The van der Waals surface area contributed by atoms with Crippen LogP contribution < -0.4 is 10.6 Å². The fraction of sp³-hybridized carbons (Fsp3) is 0.941. The molecule has 2 atom stereocenters. The summed E-state index contributed by atoms with van der Waals surface area (Å²) in [5, 5.41) is 15.3. The first-order chi connectivity index (χ1) is 10.4. The number of hydrogen-bond donors (Lipinski definition) is 3. The molecule has 1 saturated carbocycles. The predicted molar refractivity (Wildman–Crippen MR) is 89.0 cm³/mol. The van der Waals surface area contributed by atoms with Crippen LogP contribution in [0.25, 0.3) is 0 Å². The average Bonchev–Trinajstić information content (AvgIpc) is 2.41. The lowest BCUT2D eigenvalue weighted by Gasteiger charge is -2.31. The molecule has 1 aliphatic carbocycles. The van der Waals surface area contributed by atoms with Crippen LogP contribution in [0.3, 0.4) is 0 Å². The molecule has 0 aromatic carbocycles. The molecule has 0 radical (unpaired) electrons. The molecule has 0 spiro atoms. The molecule has 130 valence electrons. The second-order valence-electron chi connectivity index (χ2n) is 7.30. The minimum Gasteiger partial charge on any atom is -0.444 e. The fourth-order valence-corrected chi connectivity index (χ4v) is 2.88. The van der Waals surface area contributed by atoms with Crippen molar-refractivity contribution in [1.29, 1.82) is 0 Å². The standard InChI is InChI=1S/C17H34N2O3/c1-17(2,3)22-16(21)19-15-10-8-9-14(13-15)18-11-6-4-5-7-12-20/h14-15,18,20H,4-13H2,1-3H3,(H,19,21). The summed E-state index contributed by atoms with van der Waals surface area (Å²) in [4.78, 5) is 11.8. The van der Waals surface area contributed by atoms with Crippen molar-refractivity contribution < 1.29 is 14.6 Å². The normalized spacial score (nSPS) is 22.4. The van der Waals surface area contributed by atoms with Gasteiger partial charge in [0.25, 0.3) is 0 Å². The van der Waals surface area contributed by atoms with Gasteiger partial charge in [-0.3, -0.25) is 0 Å². The van der Waals surface area contributed by atoms with E-state index >= 15 is 0 Å². The number of aliphatic hydroxyl groups is 1. The molecule has 1 amide bonds. The van der Waals surface area contributed by atoms with Crippen LogP contribution in [0.5, 0.6) is 0 Å². The van der Waals surface area contributed by atoms with Gasteiger partial charge in [0.15, 0.2) is 0 Å². The Hall–Kier alpha value is -0.810. The van der Waals surface area contributed by atoms with Crippen molar-refractivity contribution >= 4 is 6.09 Å².